The van der Waals surface area contributed by atoms with E-state index in [4.69, 9.17) is 33.7 Å². The number of rotatable bonds is 5. The van der Waals surface area contributed by atoms with Gasteiger partial charge in [-0.05, 0) is 82.4 Å². The number of hydrogen-bond donors (Lipinski definition) is 4. The first-order chi connectivity index (χ1) is 15.3. The summed E-state index contributed by atoms with van der Waals surface area (Å²) in [6, 6.07) is 10.8. The maximum absolute atomic E-state index is 11.7. The van der Waals surface area contributed by atoms with Gasteiger partial charge in [0.1, 0.15) is 5.60 Å². The van der Waals surface area contributed by atoms with Crippen LogP contribution in [-0.4, -0.2) is 25.8 Å². The predicted octanol–water partition coefficient (Wildman–Crippen LogP) is 8.34. The van der Waals surface area contributed by atoms with E-state index in [2.05, 4.69) is 75.9 Å². The third-order valence-corrected chi connectivity index (χ3v) is 4.01. The zero-order valence-electron chi connectivity index (χ0n) is 19.1. The van der Waals surface area contributed by atoms with Gasteiger partial charge in [-0.1, -0.05) is 30.6 Å². The van der Waals surface area contributed by atoms with Crippen LogP contribution in [-0.2, 0) is 22.7 Å². The molecule has 1 amide bonds. The van der Waals surface area contributed by atoms with Crippen molar-refractivity contribution in [3.8, 4) is 0 Å². The Labute approximate surface area is 252 Å². The van der Waals surface area contributed by atoms with Gasteiger partial charge in [-0.3, -0.25) is 5.32 Å². The molecule has 34 heavy (non-hydrogen) atoms. The number of ether oxygens (including phenoxy) is 1. The van der Waals surface area contributed by atoms with Crippen LogP contribution in [0.5, 0.6) is 0 Å². The van der Waals surface area contributed by atoms with Crippen molar-refractivity contribution in [1.82, 2.24) is 10.6 Å². The average Bonchev–Trinajstić information content (AvgIpc) is 2.66. The number of halogens is 5. The second-order valence-corrected chi connectivity index (χ2v) is 43.8. The first-order valence-electron chi connectivity index (χ1n) is 9.68. The van der Waals surface area contributed by atoms with Crippen LogP contribution in [0.3, 0.4) is 0 Å². The van der Waals surface area contributed by atoms with Crippen LogP contribution in [0.25, 0.3) is 0 Å². The van der Waals surface area contributed by atoms with Crippen LogP contribution in [0.1, 0.15) is 39.3 Å². The van der Waals surface area contributed by atoms with Crippen LogP contribution >= 0.6 is 83.1 Å². The average molecular weight is 889 g/mol. The van der Waals surface area contributed by atoms with E-state index in [-0.39, 0.29) is 12.3 Å². The number of hydrogen-bond acceptors (Lipinski definition) is 5. The summed E-state index contributed by atoms with van der Waals surface area (Å²) >= 11 is 19.1. The second-order valence-electron chi connectivity index (χ2n) is 7.52. The third-order valence-electron chi connectivity index (χ3n) is 3.54. The van der Waals surface area contributed by atoms with Gasteiger partial charge in [0.25, 0.3) is 0 Å². The molecule has 0 unspecified atom stereocenters. The normalized spacial score (nSPS) is 10.2. The Balaban J connectivity index is 0. The number of anilines is 2. The van der Waals surface area contributed by atoms with Gasteiger partial charge in [0.15, 0.2) is 0 Å². The molecule has 2 aromatic carbocycles. The molecule has 0 heterocycles. The molecule has 0 aliphatic carbocycles. The van der Waals surface area contributed by atoms with E-state index in [1.165, 1.54) is 0 Å². The molecule has 2 rings (SSSR count). The fourth-order valence-electron chi connectivity index (χ4n) is 2.35. The molecule has 0 radical (unpaired) electrons. The van der Waals surface area contributed by atoms with E-state index in [1.54, 1.807) is 18.2 Å². The second kappa shape index (κ2) is 19.8. The minimum atomic E-state index is -0.514. The molecule has 0 saturated heterocycles. The zero-order valence-corrected chi connectivity index (χ0v) is 28.5. The van der Waals surface area contributed by atoms with E-state index >= 15 is 0 Å². The molecular formula is C22H34Cl2I3N4O2V. The van der Waals surface area contributed by atoms with Crippen molar-refractivity contribution in [2.24, 2.45) is 0 Å². The van der Waals surface area contributed by atoms with Gasteiger partial charge in [0.05, 0.1) is 0 Å². The van der Waals surface area contributed by atoms with Crippen LogP contribution in [0.15, 0.2) is 36.4 Å². The Bertz CT molecular complexity index is 870. The van der Waals surface area contributed by atoms with Gasteiger partial charge >= 0.3 is 71.0 Å². The summed E-state index contributed by atoms with van der Waals surface area (Å²) in [6.45, 7) is 6.84. The quantitative estimate of drug-likeness (QED) is 0.179. The van der Waals surface area contributed by atoms with Crippen molar-refractivity contribution in [3.05, 3.63) is 57.6 Å². The summed E-state index contributed by atoms with van der Waals surface area (Å²) in [7, 11) is 3.71. The van der Waals surface area contributed by atoms with Crippen molar-refractivity contribution in [3.63, 3.8) is 0 Å². The number of nitrogens with two attached hydrogens (primary N) is 1. The van der Waals surface area contributed by atoms with Gasteiger partial charge in [-0.15, -0.1) is 0 Å². The number of carbonyl (C=O) groups is 1. The van der Waals surface area contributed by atoms with Crippen LogP contribution in [0.4, 0.5) is 16.2 Å². The Morgan fingerprint density at radius 3 is 1.88 bits per heavy atom. The van der Waals surface area contributed by atoms with Crippen LogP contribution in [0.2, 0.25) is 10.0 Å². The summed E-state index contributed by atoms with van der Waals surface area (Å²) in [4.78, 5) is 11.4. The van der Waals surface area contributed by atoms with Gasteiger partial charge < -0.3 is 21.1 Å². The van der Waals surface area contributed by atoms with E-state index in [0.717, 1.165) is 28.4 Å². The molecule has 6 nitrogen and oxygen atoms in total. The van der Waals surface area contributed by atoms with Gasteiger partial charge in [0, 0.05) is 34.5 Å². The van der Waals surface area contributed by atoms with E-state index < -0.39 is 11.7 Å². The van der Waals surface area contributed by atoms with E-state index in [0.29, 0.717) is 17.3 Å². The summed E-state index contributed by atoms with van der Waals surface area (Å²) in [5.74, 6) is 0. The molecule has 2 aromatic rings. The molecular weight excluding hydrogens is 855 g/mol. The predicted molar refractivity (Wildman–Crippen MR) is 171 cm³/mol. The molecule has 0 aliphatic rings. The van der Waals surface area contributed by atoms with Crippen molar-refractivity contribution < 1.29 is 14.5 Å². The van der Waals surface area contributed by atoms with Crippen molar-refractivity contribution >= 4 is 101 Å². The molecule has 194 valence electrons. The Hall–Kier alpha value is 0.784. The number of nitrogen functional groups attached to an aromatic ring is 1. The molecule has 0 saturated carbocycles. The topological polar surface area (TPSA) is 88.4 Å². The van der Waals surface area contributed by atoms with Gasteiger partial charge in [0.2, 0.25) is 0 Å². The van der Waals surface area contributed by atoms with Crippen molar-refractivity contribution in [2.75, 3.05) is 25.1 Å². The zero-order chi connectivity index (χ0) is 25.6. The fraction of sp³-hybridized carbons (Fsp3) is 0.409. The molecule has 12 heteroatoms. The maximum atomic E-state index is 11.7. The molecule has 0 spiro atoms. The van der Waals surface area contributed by atoms with Gasteiger partial charge in [-0.2, -0.15) is 0 Å². The summed E-state index contributed by atoms with van der Waals surface area (Å²) in [5.41, 5.74) is 8.60. The minimum absolute atomic E-state index is 0. The molecule has 0 bridgehead atoms. The number of carbonyl (C=O) groups excluding carboxylic acids is 1. The van der Waals surface area contributed by atoms with Gasteiger partial charge in [-0.25, -0.2) is 4.79 Å². The monoisotopic (exact) mass is 888 g/mol. The Morgan fingerprint density at radius 2 is 1.41 bits per heavy atom. The van der Waals surface area contributed by atoms with E-state index in [1.807, 2.05) is 53.1 Å². The van der Waals surface area contributed by atoms with Crippen molar-refractivity contribution in [2.45, 2.75) is 46.9 Å². The van der Waals surface area contributed by atoms with Crippen LogP contribution in [0, 0.1) is 0 Å². The third kappa shape index (κ3) is 19.0. The van der Waals surface area contributed by atoms with Crippen molar-refractivity contribution in [1.29, 1.82) is 0 Å². The molecule has 0 atom stereocenters. The first-order valence-corrected chi connectivity index (χ1v) is 24.0. The molecule has 0 aromatic heterocycles. The van der Waals surface area contributed by atoms with E-state index in [9.17, 15) is 4.79 Å². The molecule has 0 aliphatic heterocycles. The van der Waals surface area contributed by atoms with Crippen LogP contribution < -0.4 is 21.7 Å². The SMILES string of the molecule is C.CNCc1cc(Cl)ccc1N.CNCc1cc(Cl)ccc1NC(=O)OC(C)(C)C.[I][V]([I])[I]. The summed E-state index contributed by atoms with van der Waals surface area (Å²) in [6.07, 6.45) is -0.470. The molecule has 0 fully saturated rings. The summed E-state index contributed by atoms with van der Waals surface area (Å²) in [5, 5.41) is 10.1. The molecule has 5 N–H and O–H groups in total. The standard InChI is InChI=1S/C13H19ClN2O2.C8H11ClN2.CH4.3HI.V/c1-13(2,3)18-12(17)16-11-6-5-10(14)7-9(11)8-15-4;1-11-5-6-4-7(9)2-3-8(6)10;;;;;/h5-7,15H,8H2,1-4H3,(H,16,17);2-4,11H,5,10H2,1H3;1H4;3*1H;/q;;;;;;+3/p-3. The number of benzene rings is 2. The summed E-state index contributed by atoms with van der Waals surface area (Å²) < 4.78 is 5.20. The Kier molecular flexibility index (Phi) is 21.6. The Morgan fingerprint density at radius 1 is 0.971 bits per heavy atom. The first kappa shape index (κ1) is 36.9. The fourth-order valence-corrected chi connectivity index (χ4v) is 2.74. The number of amides is 1. The number of nitrogens with one attached hydrogen (secondary N) is 3.